The van der Waals surface area contributed by atoms with E-state index in [1.54, 1.807) is 6.08 Å². The highest BCUT2D eigenvalue weighted by atomic mass is 16.5. The predicted octanol–water partition coefficient (Wildman–Crippen LogP) is 0.889. The average Bonchev–Trinajstić information content (AvgIpc) is 2.45. The number of hydrogen-bond acceptors (Lipinski definition) is 4. The Kier molecular flexibility index (Phi) is 6.76. The minimum absolute atomic E-state index is 0.148. The number of rotatable bonds is 7. The summed E-state index contributed by atoms with van der Waals surface area (Å²) in [5.74, 6) is -0.252. The minimum Gasteiger partial charge on any atom is -0.394 e. The molecule has 0 radical (unpaired) electrons. The van der Waals surface area contributed by atoms with Gasteiger partial charge in [0.05, 0.1) is 19.3 Å². The van der Waals surface area contributed by atoms with Crippen LogP contribution in [0.3, 0.4) is 0 Å². The maximum Gasteiger partial charge on any atom is 0.244 e. The van der Waals surface area contributed by atoms with Gasteiger partial charge in [-0.05, 0) is 23.8 Å². The van der Waals surface area contributed by atoms with Crippen molar-refractivity contribution in [3.8, 4) is 0 Å². The fourth-order valence-corrected chi connectivity index (χ4v) is 1.65. The summed E-state index contributed by atoms with van der Waals surface area (Å²) in [6.07, 6.45) is 3.18. The van der Waals surface area contributed by atoms with E-state index in [0.29, 0.717) is 0 Å². The second-order valence-corrected chi connectivity index (χ2v) is 4.66. The van der Waals surface area contributed by atoms with Crippen LogP contribution in [0.1, 0.15) is 5.56 Å². The lowest BCUT2D eigenvalue weighted by Crippen LogP contribution is -2.39. The molecule has 0 aliphatic heterocycles. The van der Waals surface area contributed by atoms with Gasteiger partial charge in [0.1, 0.15) is 0 Å². The van der Waals surface area contributed by atoms with Gasteiger partial charge in [0, 0.05) is 33.0 Å². The van der Waals surface area contributed by atoms with Crippen LogP contribution >= 0.6 is 0 Å². The highest BCUT2D eigenvalue weighted by Crippen LogP contribution is 2.12. The molecule has 1 aromatic rings. The smallest absolute Gasteiger partial charge is 0.244 e. The van der Waals surface area contributed by atoms with Crippen LogP contribution in [0.2, 0.25) is 0 Å². The first kappa shape index (κ1) is 16.2. The van der Waals surface area contributed by atoms with Crippen molar-refractivity contribution in [2.24, 2.45) is 0 Å². The van der Waals surface area contributed by atoms with Gasteiger partial charge in [0.15, 0.2) is 0 Å². The molecule has 0 aliphatic carbocycles. The number of aliphatic hydroxyl groups excluding tert-OH is 1. The summed E-state index contributed by atoms with van der Waals surface area (Å²) in [5, 5.41) is 11.7. The molecule has 20 heavy (non-hydrogen) atoms. The van der Waals surface area contributed by atoms with E-state index >= 15 is 0 Å². The molecule has 110 valence electrons. The summed E-state index contributed by atoms with van der Waals surface area (Å²) in [4.78, 5) is 13.7. The van der Waals surface area contributed by atoms with Gasteiger partial charge in [0.2, 0.25) is 5.91 Å². The lowest BCUT2D eigenvalue weighted by atomic mass is 10.2. The van der Waals surface area contributed by atoms with Gasteiger partial charge in [-0.25, -0.2) is 0 Å². The first-order chi connectivity index (χ1) is 9.56. The largest absolute Gasteiger partial charge is 0.394 e. The van der Waals surface area contributed by atoms with Crippen molar-refractivity contribution >= 4 is 17.7 Å². The number of aliphatic hydroxyl groups is 1. The number of carbonyl (C=O) groups excluding carboxylic acids is 1. The van der Waals surface area contributed by atoms with Crippen LogP contribution in [0.25, 0.3) is 6.08 Å². The molecule has 0 heterocycles. The van der Waals surface area contributed by atoms with Crippen molar-refractivity contribution < 1.29 is 14.6 Å². The maximum absolute atomic E-state index is 11.7. The van der Waals surface area contributed by atoms with E-state index in [2.05, 4.69) is 5.32 Å². The van der Waals surface area contributed by atoms with Crippen molar-refractivity contribution in [1.29, 1.82) is 0 Å². The standard InChI is InChI=1S/C15H22N2O3/c1-17(2)14-7-4-12(5-8-14)6-9-15(19)16-13(10-18)11-20-3/h4-9,13,18H,10-11H2,1-3H3,(H,16,19)/b9-6+. The van der Waals surface area contributed by atoms with Crippen LogP contribution in [0.5, 0.6) is 0 Å². The highest BCUT2D eigenvalue weighted by Gasteiger charge is 2.08. The van der Waals surface area contributed by atoms with Crippen LogP contribution in [0.4, 0.5) is 5.69 Å². The van der Waals surface area contributed by atoms with Crippen molar-refractivity contribution in [3.63, 3.8) is 0 Å². The average molecular weight is 278 g/mol. The predicted molar refractivity (Wildman–Crippen MR) is 80.7 cm³/mol. The Balaban J connectivity index is 2.56. The summed E-state index contributed by atoms with van der Waals surface area (Å²) in [5.41, 5.74) is 2.05. The summed E-state index contributed by atoms with van der Waals surface area (Å²) in [7, 11) is 5.48. The van der Waals surface area contributed by atoms with E-state index in [-0.39, 0.29) is 25.2 Å². The van der Waals surface area contributed by atoms with Gasteiger partial charge >= 0.3 is 0 Å². The summed E-state index contributed by atoms with van der Waals surface area (Å²) < 4.78 is 4.89. The number of benzene rings is 1. The fraction of sp³-hybridized carbons (Fsp3) is 0.400. The number of methoxy groups -OCH3 is 1. The van der Waals surface area contributed by atoms with E-state index in [0.717, 1.165) is 11.3 Å². The molecule has 1 rings (SSSR count). The Morgan fingerprint density at radius 2 is 2.05 bits per heavy atom. The molecular weight excluding hydrogens is 256 g/mol. The zero-order valence-corrected chi connectivity index (χ0v) is 12.2. The van der Waals surface area contributed by atoms with Crippen molar-refractivity contribution in [1.82, 2.24) is 5.32 Å². The molecule has 0 bridgehead atoms. The Morgan fingerprint density at radius 1 is 1.40 bits per heavy atom. The number of carbonyl (C=O) groups is 1. The Morgan fingerprint density at radius 3 is 2.55 bits per heavy atom. The first-order valence-corrected chi connectivity index (χ1v) is 6.42. The molecule has 1 atom stereocenters. The van der Waals surface area contributed by atoms with Gasteiger partial charge in [-0.2, -0.15) is 0 Å². The number of nitrogens with zero attached hydrogens (tertiary/aromatic N) is 1. The summed E-state index contributed by atoms with van der Waals surface area (Å²) in [6.45, 7) is 0.137. The van der Waals surface area contributed by atoms with E-state index in [9.17, 15) is 4.79 Å². The Bertz CT molecular complexity index is 441. The zero-order valence-electron chi connectivity index (χ0n) is 12.2. The van der Waals surface area contributed by atoms with Gasteiger partial charge < -0.3 is 20.1 Å². The monoisotopic (exact) mass is 278 g/mol. The van der Waals surface area contributed by atoms with E-state index in [1.165, 1.54) is 13.2 Å². The molecule has 0 saturated heterocycles. The van der Waals surface area contributed by atoms with Crippen molar-refractivity contribution in [2.75, 3.05) is 39.3 Å². The van der Waals surface area contributed by atoms with E-state index in [1.807, 2.05) is 43.3 Å². The topological polar surface area (TPSA) is 61.8 Å². The maximum atomic E-state index is 11.7. The van der Waals surface area contributed by atoms with E-state index < -0.39 is 0 Å². The van der Waals surface area contributed by atoms with Gasteiger partial charge in [0.25, 0.3) is 0 Å². The number of nitrogens with one attached hydrogen (secondary N) is 1. The lowest BCUT2D eigenvalue weighted by Gasteiger charge is -2.13. The number of hydrogen-bond donors (Lipinski definition) is 2. The van der Waals surface area contributed by atoms with Crippen molar-refractivity contribution in [3.05, 3.63) is 35.9 Å². The number of anilines is 1. The molecule has 1 aromatic carbocycles. The number of amides is 1. The minimum atomic E-state index is -0.381. The Labute approximate surface area is 119 Å². The van der Waals surface area contributed by atoms with Crippen LogP contribution in [0.15, 0.2) is 30.3 Å². The molecule has 2 N–H and O–H groups in total. The third kappa shape index (κ3) is 5.42. The molecule has 0 aliphatic rings. The van der Waals surface area contributed by atoms with Crippen LogP contribution < -0.4 is 10.2 Å². The van der Waals surface area contributed by atoms with E-state index in [4.69, 9.17) is 9.84 Å². The molecular formula is C15H22N2O3. The fourth-order valence-electron chi connectivity index (χ4n) is 1.65. The molecule has 5 nitrogen and oxygen atoms in total. The molecule has 5 heteroatoms. The molecule has 0 spiro atoms. The molecule has 1 amide bonds. The van der Waals surface area contributed by atoms with Crippen LogP contribution in [-0.2, 0) is 9.53 Å². The second-order valence-electron chi connectivity index (χ2n) is 4.66. The zero-order chi connectivity index (χ0) is 15.0. The third-order valence-electron chi connectivity index (χ3n) is 2.77. The van der Waals surface area contributed by atoms with Crippen LogP contribution in [0, 0.1) is 0 Å². The molecule has 1 unspecified atom stereocenters. The summed E-state index contributed by atoms with van der Waals surface area (Å²) >= 11 is 0. The summed E-state index contributed by atoms with van der Waals surface area (Å²) in [6, 6.07) is 7.47. The SMILES string of the molecule is COCC(CO)NC(=O)/C=C/c1ccc(N(C)C)cc1. The third-order valence-corrected chi connectivity index (χ3v) is 2.77. The molecule has 0 aromatic heterocycles. The quantitative estimate of drug-likeness (QED) is 0.727. The van der Waals surface area contributed by atoms with Gasteiger partial charge in [-0.15, -0.1) is 0 Å². The Hall–Kier alpha value is -1.85. The van der Waals surface area contributed by atoms with Gasteiger partial charge in [-0.3, -0.25) is 4.79 Å². The van der Waals surface area contributed by atoms with Crippen molar-refractivity contribution in [2.45, 2.75) is 6.04 Å². The van der Waals surface area contributed by atoms with Crippen LogP contribution in [-0.4, -0.2) is 51.5 Å². The normalized spacial score (nSPS) is 12.4. The number of ether oxygens (including phenoxy) is 1. The molecule has 0 fully saturated rings. The highest BCUT2D eigenvalue weighted by molar-refractivity contribution is 5.91. The lowest BCUT2D eigenvalue weighted by molar-refractivity contribution is -0.117. The molecule has 0 saturated carbocycles. The first-order valence-electron chi connectivity index (χ1n) is 6.42. The van der Waals surface area contributed by atoms with Gasteiger partial charge in [-0.1, -0.05) is 12.1 Å². The second kappa shape index (κ2) is 8.35.